The highest BCUT2D eigenvalue weighted by atomic mass is 79.9. The minimum atomic E-state index is -0.142. The molecular weight excluding hydrogens is 470 g/mol. The molecule has 1 aliphatic heterocycles. The first-order chi connectivity index (χ1) is 14.1. The molecule has 1 aliphatic rings. The zero-order chi connectivity index (χ0) is 20.2. The lowest BCUT2D eigenvalue weighted by molar-refractivity contribution is -0.115. The molecule has 1 fully saturated rings. The molecule has 1 N–H and O–H groups in total. The van der Waals surface area contributed by atoms with Gasteiger partial charge in [0.15, 0.2) is 0 Å². The van der Waals surface area contributed by atoms with E-state index in [2.05, 4.69) is 26.2 Å². The standard InChI is InChI=1S/C21H20BrN3O2S2/c22-15-10-18(28-12-15)20-24-17(13-29-20)11-19(26)23-16-6-4-5-14(9-16)21(27)25-7-2-1-3-8-25/h4-6,9-10,12-13H,1-3,7-8,11H2,(H,23,26). The van der Waals surface area contributed by atoms with E-state index in [0.29, 0.717) is 11.3 Å². The fraction of sp³-hybridized carbons (Fsp3) is 0.286. The van der Waals surface area contributed by atoms with Crippen molar-refractivity contribution in [3.63, 3.8) is 0 Å². The van der Waals surface area contributed by atoms with E-state index in [-0.39, 0.29) is 18.2 Å². The number of nitrogens with zero attached hydrogens (tertiary/aromatic N) is 2. The van der Waals surface area contributed by atoms with Gasteiger partial charge in [0, 0.05) is 39.6 Å². The van der Waals surface area contributed by atoms with Gasteiger partial charge in [0.05, 0.1) is 17.0 Å². The molecule has 2 aromatic heterocycles. The summed E-state index contributed by atoms with van der Waals surface area (Å²) >= 11 is 6.60. The minimum absolute atomic E-state index is 0.0343. The van der Waals surface area contributed by atoms with Crippen LogP contribution in [-0.4, -0.2) is 34.8 Å². The van der Waals surface area contributed by atoms with Crippen LogP contribution in [0, 0.1) is 0 Å². The molecule has 0 atom stereocenters. The van der Waals surface area contributed by atoms with Crippen molar-refractivity contribution < 1.29 is 9.59 Å². The molecule has 1 saturated heterocycles. The number of nitrogens with one attached hydrogen (secondary N) is 1. The maximum atomic E-state index is 12.7. The van der Waals surface area contributed by atoms with E-state index in [0.717, 1.165) is 46.0 Å². The largest absolute Gasteiger partial charge is 0.339 e. The Morgan fingerprint density at radius 1 is 1.10 bits per heavy atom. The number of carbonyl (C=O) groups is 2. The molecule has 0 spiro atoms. The Morgan fingerprint density at radius 3 is 2.69 bits per heavy atom. The molecule has 2 amide bonds. The number of piperidine rings is 1. The molecule has 29 heavy (non-hydrogen) atoms. The van der Waals surface area contributed by atoms with E-state index >= 15 is 0 Å². The van der Waals surface area contributed by atoms with Gasteiger partial charge in [-0.2, -0.15) is 0 Å². The van der Waals surface area contributed by atoms with Crippen LogP contribution < -0.4 is 5.32 Å². The van der Waals surface area contributed by atoms with Gasteiger partial charge >= 0.3 is 0 Å². The monoisotopic (exact) mass is 489 g/mol. The zero-order valence-corrected chi connectivity index (χ0v) is 18.9. The summed E-state index contributed by atoms with van der Waals surface area (Å²) in [6.45, 7) is 1.62. The maximum absolute atomic E-state index is 12.7. The minimum Gasteiger partial charge on any atom is -0.339 e. The van der Waals surface area contributed by atoms with E-state index in [1.54, 1.807) is 29.5 Å². The van der Waals surface area contributed by atoms with Crippen molar-refractivity contribution in [2.45, 2.75) is 25.7 Å². The van der Waals surface area contributed by atoms with Gasteiger partial charge in [-0.25, -0.2) is 4.98 Å². The fourth-order valence-electron chi connectivity index (χ4n) is 3.31. The highest BCUT2D eigenvalue weighted by Crippen LogP contribution is 2.32. The number of halogens is 1. The predicted molar refractivity (Wildman–Crippen MR) is 122 cm³/mol. The van der Waals surface area contributed by atoms with Crippen LogP contribution in [0.5, 0.6) is 0 Å². The fourth-order valence-corrected chi connectivity index (χ4v) is 5.63. The van der Waals surface area contributed by atoms with Gasteiger partial charge in [0.1, 0.15) is 5.01 Å². The van der Waals surface area contributed by atoms with Gasteiger partial charge in [-0.3, -0.25) is 9.59 Å². The molecule has 5 nitrogen and oxygen atoms in total. The smallest absolute Gasteiger partial charge is 0.253 e. The van der Waals surface area contributed by atoms with Gasteiger partial charge in [-0.05, 0) is 59.5 Å². The van der Waals surface area contributed by atoms with Crippen molar-refractivity contribution in [1.29, 1.82) is 0 Å². The summed E-state index contributed by atoms with van der Waals surface area (Å²) in [5.41, 5.74) is 1.99. The van der Waals surface area contributed by atoms with Gasteiger partial charge in [0.25, 0.3) is 5.91 Å². The van der Waals surface area contributed by atoms with Gasteiger partial charge in [0.2, 0.25) is 5.91 Å². The van der Waals surface area contributed by atoms with Crippen molar-refractivity contribution in [1.82, 2.24) is 9.88 Å². The molecule has 0 aliphatic carbocycles. The quantitative estimate of drug-likeness (QED) is 0.518. The third-order valence-electron chi connectivity index (χ3n) is 4.71. The van der Waals surface area contributed by atoms with Crippen molar-refractivity contribution in [3.8, 4) is 9.88 Å². The van der Waals surface area contributed by atoms with Crippen molar-refractivity contribution in [2.75, 3.05) is 18.4 Å². The van der Waals surface area contributed by atoms with Crippen molar-refractivity contribution in [3.05, 3.63) is 56.8 Å². The summed E-state index contributed by atoms with van der Waals surface area (Å²) in [6, 6.07) is 9.20. The third-order valence-corrected chi connectivity index (χ3v) is 7.46. The summed E-state index contributed by atoms with van der Waals surface area (Å²) in [5.74, 6) is -0.108. The number of thiophene rings is 1. The van der Waals surface area contributed by atoms with Crippen LogP contribution >= 0.6 is 38.6 Å². The topological polar surface area (TPSA) is 62.3 Å². The molecule has 3 aromatic rings. The first-order valence-corrected chi connectivity index (χ1v) is 12.0. The lowest BCUT2D eigenvalue weighted by atomic mass is 10.1. The number of anilines is 1. The van der Waals surface area contributed by atoms with E-state index in [9.17, 15) is 9.59 Å². The second-order valence-corrected chi connectivity index (χ2v) is 9.62. The number of amides is 2. The Morgan fingerprint density at radius 2 is 1.93 bits per heavy atom. The number of aromatic nitrogens is 1. The molecule has 0 radical (unpaired) electrons. The summed E-state index contributed by atoms with van der Waals surface area (Å²) in [7, 11) is 0. The number of hydrogen-bond donors (Lipinski definition) is 1. The Bertz CT molecular complexity index is 1020. The van der Waals surface area contributed by atoms with Crippen LogP contribution in [0.25, 0.3) is 9.88 Å². The second kappa shape index (κ2) is 9.19. The summed E-state index contributed by atoms with van der Waals surface area (Å²) in [5, 5.41) is 7.74. The molecule has 0 unspecified atom stereocenters. The predicted octanol–water partition coefficient (Wildman–Crippen LogP) is 5.44. The van der Waals surface area contributed by atoms with Crippen molar-refractivity contribution >= 4 is 56.1 Å². The first-order valence-electron chi connectivity index (χ1n) is 9.46. The van der Waals surface area contributed by atoms with E-state index < -0.39 is 0 Å². The van der Waals surface area contributed by atoms with Crippen LogP contribution in [0.4, 0.5) is 5.69 Å². The molecule has 1 aromatic carbocycles. The van der Waals surface area contributed by atoms with Crippen LogP contribution in [0.1, 0.15) is 35.3 Å². The number of thiazole rings is 1. The number of likely N-dealkylation sites (tertiary alicyclic amines) is 1. The highest BCUT2D eigenvalue weighted by molar-refractivity contribution is 9.10. The highest BCUT2D eigenvalue weighted by Gasteiger charge is 2.18. The van der Waals surface area contributed by atoms with Crippen LogP contribution in [0.15, 0.2) is 45.6 Å². The maximum Gasteiger partial charge on any atom is 0.253 e. The molecule has 3 heterocycles. The average molecular weight is 490 g/mol. The normalized spacial score (nSPS) is 14.0. The number of benzene rings is 1. The number of rotatable bonds is 5. The lowest BCUT2D eigenvalue weighted by Gasteiger charge is -2.26. The average Bonchev–Trinajstić information content (AvgIpc) is 3.37. The Kier molecular flexibility index (Phi) is 6.42. The molecule has 4 rings (SSSR count). The summed E-state index contributed by atoms with van der Waals surface area (Å²) < 4.78 is 1.03. The second-order valence-electron chi connectivity index (χ2n) is 6.93. The van der Waals surface area contributed by atoms with E-state index in [4.69, 9.17) is 0 Å². The summed E-state index contributed by atoms with van der Waals surface area (Å²) in [6.07, 6.45) is 3.50. The number of hydrogen-bond acceptors (Lipinski definition) is 5. The van der Waals surface area contributed by atoms with E-state index in [1.807, 2.05) is 27.8 Å². The van der Waals surface area contributed by atoms with Crippen molar-refractivity contribution in [2.24, 2.45) is 0 Å². The SMILES string of the molecule is O=C(Cc1csc(-c2cc(Br)cs2)n1)Nc1cccc(C(=O)N2CCCCC2)c1. The third kappa shape index (κ3) is 5.12. The molecular formula is C21H20BrN3O2S2. The molecule has 0 bridgehead atoms. The number of carbonyl (C=O) groups excluding carboxylic acids is 2. The van der Waals surface area contributed by atoms with Gasteiger partial charge < -0.3 is 10.2 Å². The van der Waals surface area contributed by atoms with Crippen LogP contribution in [0.3, 0.4) is 0 Å². The van der Waals surface area contributed by atoms with Crippen LogP contribution in [0.2, 0.25) is 0 Å². The zero-order valence-electron chi connectivity index (χ0n) is 15.7. The Balaban J connectivity index is 1.38. The molecule has 8 heteroatoms. The summed E-state index contributed by atoms with van der Waals surface area (Å²) in [4.78, 5) is 32.7. The molecule has 150 valence electrons. The van der Waals surface area contributed by atoms with Gasteiger partial charge in [-0.15, -0.1) is 22.7 Å². The van der Waals surface area contributed by atoms with Crippen LogP contribution in [-0.2, 0) is 11.2 Å². The van der Waals surface area contributed by atoms with Gasteiger partial charge in [-0.1, -0.05) is 6.07 Å². The lowest BCUT2D eigenvalue weighted by Crippen LogP contribution is -2.35. The molecule has 0 saturated carbocycles. The Hall–Kier alpha value is -2.03. The first kappa shape index (κ1) is 20.3. The Labute approximate surface area is 185 Å². The van der Waals surface area contributed by atoms with E-state index in [1.165, 1.54) is 17.8 Å².